The van der Waals surface area contributed by atoms with Crippen molar-refractivity contribution < 1.29 is 14.3 Å². The summed E-state index contributed by atoms with van der Waals surface area (Å²) in [6.45, 7) is 1.81. The molecular weight excluding hydrogens is 400 g/mol. The average Bonchev–Trinajstić information content (AvgIpc) is 2.94. The number of carbonyl (C=O) groups is 2. The summed E-state index contributed by atoms with van der Waals surface area (Å²) >= 11 is 7.48. The highest BCUT2D eigenvalue weighted by atomic mass is 35.5. The summed E-state index contributed by atoms with van der Waals surface area (Å²) in [6, 6.07) is 6.88. The molecule has 2 heterocycles. The summed E-state index contributed by atoms with van der Waals surface area (Å²) < 4.78 is 5.99. The number of primary amides is 1. The van der Waals surface area contributed by atoms with Gasteiger partial charge in [0.15, 0.2) is 0 Å². The van der Waals surface area contributed by atoms with Crippen LogP contribution in [0.3, 0.4) is 0 Å². The van der Waals surface area contributed by atoms with Crippen molar-refractivity contribution in [1.29, 1.82) is 0 Å². The lowest BCUT2D eigenvalue weighted by Crippen LogP contribution is -2.23. The molecule has 4 N–H and O–H groups in total. The molecule has 9 heteroatoms. The number of pyridine rings is 1. The number of amides is 2. The number of rotatable bonds is 5. The Morgan fingerprint density at radius 1 is 1.25 bits per heavy atom. The van der Waals surface area contributed by atoms with Gasteiger partial charge in [-0.3, -0.25) is 9.59 Å². The smallest absolute Gasteiger partial charge is 0.260 e. The first-order valence-corrected chi connectivity index (χ1v) is 9.52. The Kier molecular flexibility index (Phi) is 5.44. The monoisotopic (exact) mass is 418 g/mol. The number of anilines is 1. The van der Waals surface area contributed by atoms with E-state index in [1.165, 1.54) is 4.90 Å². The normalized spacial score (nSPS) is 10.9. The maximum absolute atomic E-state index is 11.9. The SMILES string of the molecule is Cc1cc(Oc2ccc(CC(=O)N(C)C)cc2Cl)c2c(N)c(C(N)=O)sc2n1. The lowest BCUT2D eigenvalue weighted by molar-refractivity contribution is -0.127. The summed E-state index contributed by atoms with van der Waals surface area (Å²) in [5.41, 5.74) is 13.2. The number of hydrogen-bond acceptors (Lipinski definition) is 6. The molecule has 3 rings (SSSR count). The van der Waals surface area contributed by atoms with Crippen LogP contribution in [0.5, 0.6) is 11.5 Å². The molecule has 0 saturated heterocycles. The highest BCUT2D eigenvalue weighted by Gasteiger charge is 2.20. The minimum atomic E-state index is -0.614. The molecule has 0 aliphatic rings. The molecule has 0 unspecified atom stereocenters. The van der Waals surface area contributed by atoms with Crippen LogP contribution >= 0.6 is 22.9 Å². The van der Waals surface area contributed by atoms with Gasteiger partial charge >= 0.3 is 0 Å². The number of hydrogen-bond donors (Lipinski definition) is 2. The fourth-order valence-corrected chi connectivity index (χ4v) is 3.90. The van der Waals surface area contributed by atoms with Gasteiger partial charge in [-0.1, -0.05) is 17.7 Å². The molecule has 0 aliphatic carbocycles. The molecule has 0 atom stereocenters. The number of fused-ring (bicyclic) bond motifs is 1. The number of benzene rings is 1. The molecule has 0 radical (unpaired) electrons. The zero-order valence-corrected chi connectivity index (χ0v) is 17.1. The maximum atomic E-state index is 11.9. The van der Waals surface area contributed by atoms with Crippen LogP contribution in [0.1, 0.15) is 20.9 Å². The largest absolute Gasteiger partial charge is 0.455 e. The van der Waals surface area contributed by atoms with E-state index < -0.39 is 5.91 Å². The number of halogens is 1. The van der Waals surface area contributed by atoms with Crippen LogP contribution < -0.4 is 16.2 Å². The van der Waals surface area contributed by atoms with Gasteiger partial charge < -0.3 is 21.1 Å². The van der Waals surface area contributed by atoms with Gasteiger partial charge in [0.1, 0.15) is 21.2 Å². The Hall–Kier alpha value is -2.84. The molecule has 28 heavy (non-hydrogen) atoms. The molecule has 0 aliphatic heterocycles. The Morgan fingerprint density at radius 3 is 2.57 bits per heavy atom. The summed E-state index contributed by atoms with van der Waals surface area (Å²) in [7, 11) is 3.40. The Morgan fingerprint density at radius 2 is 1.96 bits per heavy atom. The highest BCUT2D eigenvalue weighted by Crippen LogP contribution is 2.41. The zero-order chi connectivity index (χ0) is 20.6. The quantitative estimate of drug-likeness (QED) is 0.659. The molecule has 0 fully saturated rings. The first-order chi connectivity index (χ1) is 13.2. The number of nitrogens with two attached hydrogens (primary N) is 2. The average molecular weight is 419 g/mol. The van der Waals surface area contributed by atoms with Crippen molar-refractivity contribution in [3.8, 4) is 11.5 Å². The first-order valence-electron chi connectivity index (χ1n) is 8.33. The van der Waals surface area contributed by atoms with Crippen molar-refractivity contribution in [3.63, 3.8) is 0 Å². The fourth-order valence-electron chi connectivity index (χ4n) is 2.65. The molecule has 0 saturated carbocycles. The van der Waals surface area contributed by atoms with Gasteiger partial charge in [-0.05, 0) is 24.6 Å². The summed E-state index contributed by atoms with van der Waals surface area (Å²) in [4.78, 5) is 30.2. The van der Waals surface area contributed by atoms with Gasteiger partial charge in [0, 0.05) is 25.9 Å². The Balaban J connectivity index is 1.98. The predicted molar refractivity (Wildman–Crippen MR) is 111 cm³/mol. The third kappa shape index (κ3) is 3.88. The zero-order valence-electron chi connectivity index (χ0n) is 15.6. The molecule has 2 aromatic heterocycles. The number of carbonyl (C=O) groups excluding carboxylic acids is 2. The van der Waals surface area contributed by atoms with Crippen LogP contribution in [0, 0.1) is 6.92 Å². The van der Waals surface area contributed by atoms with Gasteiger partial charge in [0.25, 0.3) is 5.91 Å². The van der Waals surface area contributed by atoms with Crippen molar-refractivity contribution in [2.75, 3.05) is 19.8 Å². The van der Waals surface area contributed by atoms with Gasteiger partial charge in [-0.2, -0.15) is 0 Å². The number of likely N-dealkylation sites (N-methyl/N-ethyl adjacent to an activating group) is 1. The van der Waals surface area contributed by atoms with Crippen LogP contribution in [0.25, 0.3) is 10.2 Å². The standard InChI is InChI=1S/C19H19ClN4O3S/c1-9-6-13(15-16(21)17(18(22)26)28-19(15)23-9)27-12-5-4-10(7-11(12)20)8-14(25)24(2)3/h4-7H,8,21H2,1-3H3,(H2,22,26). The van der Waals surface area contributed by atoms with Crippen LogP contribution in [0.4, 0.5) is 5.69 Å². The number of ether oxygens (including phenoxy) is 1. The van der Waals surface area contributed by atoms with Crippen LogP contribution in [-0.4, -0.2) is 35.8 Å². The number of nitrogen functional groups attached to an aromatic ring is 1. The predicted octanol–water partition coefficient (Wildman–Crippen LogP) is 3.36. The number of aryl methyl sites for hydroxylation is 1. The summed E-state index contributed by atoms with van der Waals surface area (Å²) in [6.07, 6.45) is 0.241. The van der Waals surface area contributed by atoms with Gasteiger partial charge in [0.2, 0.25) is 5.91 Å². The van der Waals surface area contributed by atoms with Crippen LogP contribution in [0.15, 0.2) is 24.3 Å². The first kappa shape index (κ1) is 19.9. The van der Waals surface area contributed by atoms with Gasteiger partial charge in [-0.25, -0.2) is 4.98 Å². The number of aromatic nitrogens is 1. The van der Waals surface area contributed by atoms with E-state index in [-0.39, 0.29) is 22.9 Å². The van der Waals surface area contributed by atoms with Crippen LogP contribution in [0.2, 0.25) is 5.02 Å². The number of nitrogens with zero attached hydrogens (tertiary/aromatic N) is 2. The molecule has 0 bridgehead atoms. The fraction of sp³-hybridized carbons (Fsp3) is 0.211. The van der Waals surface area contributed by atoms with E-state index in [1.54, 1.807) is 38.4 Å². The van der Waals surface area contributed by atoms with Gasteiger partial charge in [-0.15, -0.1) is 11.3 Å². The number of thiophene rings is 1. The molecule has 146 valence electrons. The van der Waals surface area contributed by atoms with E-state index >= 15 is 0 Å². The Bertz CT molecular complexity index is 1090. The lowest BCUT2D eigenvalue weighted by Gasteiger charge is -2.13. The molecule has 1 aromatic carbocycles. The van der Waals surface area contributed by atoms with Crippen molar-refractivity contribution in [2.45, 2.75) is 13.3 Å². The van der Waals surface area contributed by atoms with E-state index in [0.29, 0.717) is 32.4 Å². The van der Waals surface area contributed by atoms with Crippen molar-refractivity contribution in [2.24, 2.45) is 5.73 Å². The Labute approximate surface area is 170 Å². The minimum Gasteiger partial charge on any atom is -0.455 e. The summed E-state index contributed by atoms with van der Waals surface area (Å²) in [5, 5.41) is 0.878. The molecular formula is C19H19ClN4O3S. The van der Waals surface area contributed by atoms with E-state index in [2.05, 4.69) is 4.98 Å². The summed E-state index contributed by atoms with van der Waals surface area (Å²) in [5.74, 6) is 0.196. The second kappa shape index (κ2) is 7.65. The third-order valence-corrected chi connectivity index (χ3v) is 5.49. The third-order valence-electron chi connectivity index (χ3n) is 4.08. The van der Waals surface area contributed by atoms with E-state index in [0.717, 1.165) is 16.9 Å². The van der Waals surface area contributed by atoms with E-state index in [4.69, 9.17) is 27.8 Å². The molecule has 3 aromatic rings. The van der Waals surface area contributed by atoms with Crippen molar-refractivity contribution >= 4 is 50.7 Å². The molecule has 7 nitrogen and oxygen atoms in total. The lowest BCUT2D eigenvalue weighted by atomic mass is 10.1. The topological polar surface area (TPSA) is 112 Å². The van der Waals surface area contributed by atoms with E-state index in [1.807, 2.05) is 6.92 Å². The molecule has 2 amide bonds. The molecule has 0 spiro atoms. The van der Waals surface area contributed by atoms with Crippen molar-refractivity contribution in [3.05, 3.63) is 45.4 Å². The maximum Gasteiger partial charge on any atom is 0.260 e. The van der Waals surface area contributed by atoms with Gasteiger partial charge in [0.05, 0.1) is 22.5 Å². The minimum absolute atomic E-state index is 0.0266. The van der Waals surface area contributed by atoms with Crippen LogP contribution in [-0.2, 0) is 11.2 Å². The second-order valence-electron chi connectivity index (χ2n) is 6.48. The van der Waals surface area contributed by atoms with E-state index in [9.17, 15) is 9.59 Å². The highest BCUT2D eigenvalue weighted by molar-refractivity contribution is 7.21. The van der Waals surface area contributed by atoms with Crippen molar-refractivity contribution in [1.82, 2.24) is 9.88 Å². The second-order valence-corrected chi connectivity index (χ2v) is 7.89.